The highest BCUT2D eigenvalue weighted by Gasteiger charge is 2.34. The van der Waals surface area contributed by atoms with Gasteiger partial charge in [-0.3, -0.25) is 0 Å². The Balaban J connectivity index is 1.14. The molecule has 0 amide bonds. The normalized spacial score (nSPS) is 16.9. The molecule has 0 heteroatoms. The van der Waals surface area contributed by atoms with Crippen LogP contribution in [0, 0.1) is 11.8 Å². The Morgan fingerprint density at radius 2 is 1.02 bits per heavy atom. The average molecular weight is 763 g/mol. The summed E-state index contributed by atoms with van der Waals surface area (Å²) in [4.78, 5) is 0. The van der Waals surface area contributed by atoms with Gasteiger partial charge in [0, 0.05) is 11.8 Å². The lowest BCUT2D eigenvalue weighted by Crippen LogP contribution is -2.42. The van der Waals surface area contributed by atoms with Gasteiger partial charge in [-0.05, 0) is 128 Å². The van der Waals surface area contributed by atoms with Gasteiger partial charge in [-0.15, -0.1) is 0 Å². The van der Waals surface area contributed by atoms with Gasteiger partial charge in [-0.25, -0.2) is 0 Å². The van der Waals surface area contributed by atoms with Crippen molar-refractivity contribution in [3.63, 3.8) is 0 Å². The molecule has 0 nitrogen and oxygen atoms in total. The molecular weight excluding hydrogens is 721 g/mol. The lowest BCUT2D eigenvalue weighted by atomic mass is 9.67. The van der Waals surface area contributed by atoms with Crippen molar-refractivity contribution in [3.8, 4) is 22.3 Å². The van der Waals surface area contributed by atoms with E-state index in [1.807, 2.05) is 0 Å². The molecule has 9 aromatic carbocycles. The highest BCUT2D eigenvalue weighted by Crippen LogP contribution is 2.48. The van der Waals surface area contributed by atoms with E-state index >= 15 is 0 Å². The number of benzene rings is 9. The summed E-state index contributed by atoms with van der Waals surface area (Å²) in [6, 6.07) is 72.2. The summed E-state index contributed by atoms with van der Waals surface area (Å²) in [7, 11) is 0. The second kappa shape index (κ2) is 14.2. The Hall–Kier alpha value is -7.28. The molecule has 3 aliphatic rings. The molecule has 0 bridgehead atoms. The minimum atomic E-state index is 0.168. The number of hydrogen-bond donors (Lipinski definition) is 0. The van der Waals surface area contributed by atoms with Crippen LogP contribution in [-0.2, 0) is 0 Å². The van der Waals surface area contributed by atoms with Gasteiger partial charge < -0.3 is 0 Å². The van der Waals surface area contributed by atoms with Crippen molar-refractivity contribution in [1.82, 2.24) is 0 Å². The number of hydrogen-bond acceptors (Lipinski definition) is 0. The van der Waals surface area contributed by atoms with Crippen molar-refractivity contribution in [2.75, 3.05) is 0 Å². The average Bonchev–Trinajstić information content (AvgIpc) is 3.32. The molecule has 0 radical (unpaired) electrons. The molecule has 2 unspecified atom stereocenters. The summed E-state index contributed by atoms with van der Waals surface area (Å²) < 4.78 is 0. The molecule has 0 saturated heterocycles. The van der Waals surface area contributed by atoms with Crippen molar-refractivity contribution >= 4 is 60.7 Å². The molecule has 9 aromatic rings. The summed E-state index contributed by atoms with van der Waals surface area (Å²) in [5, 5.41) is 13.1. The third-order valence-corrected chi connectivity index (χ3v) is 13.3. The van der Waals surface area contributed by atoms with Gasteiger partial charge >= 0.3 is 0 Å². The van der Waals surface area contributed by atoms with Crippen LogP contribution in [0.2, 0.25) is 0 Å². The summed E-state index contributed by atoms with van der Waals surface area (Å²) in [6.45, 7) is 0. The maximum absolute atomic E-state index is 2.62. The van der Waals surface area contributed by atoms with Gasteiger partial charge in [-0.2, -0.15) is 0 Å². The van der Waals surface area contributed by atoms with E-state index in [9.17, 15) is 0 Å². The van der Waals surface area contributed by atoms with Crippen molar-refractivity contribution in [1.29, 1.82) is 0 Å². The SMILES string of the molecule is C1=CC2C(c3ccccc3)=c3ccccc3=C(C3=c4ccccc4=CCC3)C2C=C1c1ccc2c(-c3ccccc3)c3ccccc3c(-c3cccc4ccccc34)c2c1. The fourth-order valence-electron chi connectivity index (χ4n) is 10.8. The van der Waals surface area contributed by atoms with E-state index in [0.29, 0.717) is 0 Å². The van der Waals surface area contributed by atoms with Crippen LogP contribution >= 0.6 is 0 Å². The van der Waals surface area contributed by atoms with E-state index in [1.54, 1.807) is 0 Å². The molecule has 2 atom stereocenters. The first-order valence-electron chi connectivity index (χ1n) is 21.4. The van der Waals surface area contributed by atoms with E-state index in [1.165, 1.54) is 109 Å². The second-order valence-electron chi connectivity index (χ2n) is 16.5. The lowest BCUT2D eigenvalue weighted by Gasteiger charge is -2.36. The fraction of sp³-hybridized carbons (Fsp3) is 0.0667. The number of fused-ring (bicyclic) bond motifs is 6. The second-order valence-corrected chi connectivity index (χ2v) is 16.5. The first kappa shape index (κ1) is 34.7. The molecule has 0 aliphatic heterocycles. The highest BCUT2D eigenvalue weighted by molar-refractivity contribution is 6.24. The Labute approximate surface area is 350 Å². The summed E-state index contributed by atoms with van der Waals surface area (Å²) in [5.41, 5.74) is 13.3. The monoisotopic (exact) mass is 762 g/mol. The van der Waals surface area contributed by atoms with Crippen LogP contribution in [0.15, 0.2) is 212 Å². The minimum Gasteiger partial charge on any atom is -0.0763 e. The van der Waals surface area contributed by atoms with Crippen LogP contribution in [0.25, 0.3) is 82.9 Å². The quantitative estimate of drug-likeness (QED) is 0.153. The fourth-order valence-corrected chi connectivity index (χ4v) is 10.8. The van der Waals surface area contributed by atoms with Gasteiger partial charge in [0.15, 0.2) is 0 Å². The van der Waals surface area contributed by atoms with E-state index in [4.69, 9.17) is 0 Å². The maximum Gasteiger partial charge on any atom is 0.0140 e. The molecule has 12 rings (SSSR count). The third kappa shape index (κ3) is 5.52. The molecule has 3 aliphatic carbocycles. The predicted octanol–water partition coefficient (Wildman–Crippen LogP) is 12.2. The topological polar surface area (TPSA) is 0 Å². The van der Waals surface area contributed by atoms with Gasteiger partial charge in [0.2, 0.25) is 0 Å². The minimum absolute atomic E-state index is 0.168. The maximum atomic E-state index is 2.62. The Kier molecular flexibility index (Phi) is 8.23. The Morgan fingerprint density at radius 3 is 1.82 bits per heavy atom. The van der Waals surface area contributed by atoms with Gasteiger partial charge in [0.05, 0.1) is 0 Å². The summed E-state index contributed by atoms with van der Waals surface area (Å²) >= 11 is 0. The van der Waals surface area contributed by atoms with Crippen LogP contribution in [0.3, 0.4) is 0 Å². The van der Waals surface area contributed by atoms with Crippen LogP contribution in [0.1, 0.15) is 24.0 Å². The zero-order valence-electron chi connectivity index (χ0n) is 33.4. The zero-order chi connectivity index (χ0) is 39.6. The molecule has 0 fully saturated rings. The summed E-state index contributed by atoms with van der Waals surface area (Å²) in [5.74, 6) is 0.368. The van der Waals surface area contributed by atoms with E-state index < -0.39 is 0 Å². The van der Waals surface area contributed by atoms with Gasteiger partial charge in [0.1, 0.15) is 0 Å². The molecule has 0 aromatic heterocycles. The van der Waals surface area contributed by atoms with E-state index in [2.05, 4.69) is 218 Å². The van der Waals surface area contributed by atoms with Crippen molar-refractivity contribution in [2.45, 2.75) is 12.8 Å². The first-order valence-corrected chi connectivity index (χ1v) is 21.4. The van der Waals surface area contributed by atoms with E-state index in [-0.39, 0.29) is 11.8 Å². The molecule has 60 heavy (non-hydrogen) atoms. The molecule has 0 N–H and O–H groups in total. The Bertz CT molecular complexity index is 3520. The van der Waals surface area contributed by atoms with Crippen LogP contribution in [0.5, 0.6) is 0 Å². The van der Waals surface area contributed by atoms with Crippen LogP contribution in [-0.4, -0.2) is 0 Å². The van der Waals surface area contributed by atoms with Crippen molar-refractivity contribution in [2.24, 2.45) is 11.8 Å². The van der Waals surface area contributed by atoms with Crippen LogP contribution < -0.4 is 20.9 Å². The predicted molar refractivity (Wildman–Crippen MR) is 255 cm³/mol. The lowest BCUT2D eigenvalue weighted by molar-refractivity contribution is 0.690. The van der Waals surface area contributed by atoms with Gasteiger partial charge in [-0.1, -0.05) is 212 Å². The molecule has 0 spiro atoms. The molecular formula is C60H42. The largest absolute Gasteiger partial charge is 0.0763 e. The first-order chi connectivity index (χ1) is 29.8. The van der Waals surface area contributed by atoms with Crippen molar-refractivity contribution < 1.29 is 0 Å². The molecule has 282 valence electrons. The van der Waals surface area contributed by atoms with Crippen molar-refractivity contribution in [3.05, 3.63) is 244 Å². The standard InChI is InChI=1S/C60H42/c1-3-19-41(20-4-1)57-49-27-11-13-29-51(49)59(47-31-15-23-39-17-7-9-25-45(39)47)55-37-43(33-35-53(55)57)44-34-36-54-56(38-44)60(48-32-16-24-40-18-8-10-26-46(40)48)52-30-14-12-28-50(52)58(54)42-21-5-2-6-22-42/h1-15,17-31,33-38,54,56H,16,32H2. The molecule has 0 saturated carbocycles. The molecule has 0 heterocycles. The van der Waals surface area contributed by atoms with Gasteiger partial charge in [0.25, 0.3) is 0 Å². The van der Waals surface area contributed by atoms with Crippen LogP contribution in [0.4, 0.5) is 0 Å². The Morgan fingerprint density at radius 1 is 0.400 bits per heavy atom. The van der Waals surface area contributed by atoms with E-state index in [0.717, 1.165) is 12.8 Å². The third-order valence-electron chi connectivity index (χ3n) is 13.3. The summed E-state index contributed by atoms with van der Waals surface area (Å²) in [6.07, 6.45) is 12.1. The highest BCUT2D eigenvalue weighted by atomic mass is 14.4. The number of allylic oxidation sites excluding steroid dienone is 4. The zero-order valence-corrected chi connectivity index (χ0v) is 33.4. The smallest absolute Gasteiger partial charge is 0.0140 e. The number of rotatable bonds is 5.